The number of aliphatic hydroxyl groups excluding tert-OH is 9. The summed E-state index contributed by atoms with van der Waals surface area (Å²) < 4.78 is 82.8. The molecule has 626 valence electrons. The SMILES string of the molecule is CC(=O)N[C@@H]1[C@@H](O)[C@@H](O)[C@@H](CO)C[C@H]1OCCOCCOCCOCC(=O)N[C@@H](CCCCNC(=O)COCCOCCOCCO[C@@H]1O[C@H](CO)[C@H](O)[C@H](O)[C@H]1NC(C)=O)C(=O)N[C@@H](CCCCNC(=O)COCCOCCOCCO[C@@H]1O[C@H](CO)[C@H](O)[C@H](O)[C@H]1NC(C)=O)C(=O)NCCOCCC(=O)O. The Hall–Kier alpha value is -5.73. The number of rotatable bonds is 62. The van der Waals surface area contributed by atoms with Crippen molar-refractivity contribution in [2.45, 2.75) is 170 Å². The van der Waals surface area contributed by atoms with Crippen LogP contribution in [0.4, 0.5) is 0 Å². The normalized spacial score (nSPS) is 24.7. The minimum absolute atomic E-state index is 0.0239. The van der Waals surface area contributed by atoms with E-state index in [0.717, 1.165) is 0 Å². The van der Waals surface area contributed by atoms with Gasteiger partial charge < -0.3 is 165 Å². The highest BCUT2D eigenvalue weighted by Gasteiger charge is 2.48. The highest BCUT2D eigenvalue weighted by molar-refractivity contribution is 5.92. The molecule has 0 aromatic carbocycles. The summed E-state index contributed by atoms with van der Waals surface area (Å²) in [6.07, 6.45) is -12.4. The van der Waals surface area contributed by atoms with Gasteiger partial charge in [0.1, 0.15) is 86.7 Å². The molecule has 0 radical (unpaired) electrons. The van der Waals surface area contributed by atoms with Crippen LogP contribution < -0.4 is 42.5 Å². The number of nitrogens with one attached hydrogen (secondary N) is 8. The van der Waals surface area contributed by atoms with Gasteiger partial charge in [-0.05, 0) is 44.9 Å². The Morgan fingerprint density at radius 1 is 0.380 bits per heavy atom. The largest absolute Gasteiger partial charge is 0.481 e. The Bertz CT molecular complexity index is 2530. The first kappa shape index (κ1) is 96.5. The highest BCUT2D eigenvalue weighted by atomic mass is 16.7. The van der Waals surface area contributed by atoms with E-state index in [4.69, 9.17) is 76.2 Å². The topological polar surface area (TPSA) is 591 Å². The third-order valence-electron chi connectivity index (χ3n) is 16.5. The number of aliphatic hydroxyl groups is 9. The predicted molar refractivity (Wildman–Crippen MR) is 368 cm³/mol. The maximum atomic E-state index is 14.1. The van der Waals surface area contributed by atoms with Crippen LogP contribution in [0.15, 0.2) is 0 Å². The summed E-state index contributed by atoms with van der Waals surface area (Å²) >= 11 is 0. The fourth-order valence-corrected chi connectivity index (χ4v) is 11.0. The number of amides is 8. The average Bonchev–Trinajstić information content (AvgIpc) is 0.821. The van der Waals surface area contributed by atoms with Crippen LogP contribution in [0, 0.1) is 5.92 Å². The summed E-state index contributed by atoms with van der Waals surface area (Å²) in [6, 6.07) is -5.46. The van der Waals surface area contributed by atoms with Crippen molar-refractivity contribution in [3.05, 3.63) is 0 Å². The quantitative estimate of drug-likeness (QED) is 0.0252. The van der Waals surface area contributed by atoms with Gasteiger partial charge in [0.15, 0.2) is 12.6 Å². The number of hydrogen-bond acceptors (Lipinski definition) is 33. The lowest BCUT2D eigenvalue weighted by molar-refractivity contribution is -0.272. The molecule has 2 heterocycles. The first-order valence-corrected chi connectivity index (χ1v) is 36.2. The number of carboxylic acids is 1. The second kappa shape index (κ2) is 58.2. The molecule has 2 saturated heterocycles. The number of carboxylic acid groups (broad SMARTS) is 1. The summed E-state index contributed by atoms with van der Waals surface area (Å²) in [6.45, 7) is 2.73. The van der Waals surface area contributed by atoms with Gasteiger partial charge in [-0.1, -0.05) is 0 Å². The number of hydrogen-bond donors (Lipinski definition) is 18. The zero-order valence-corrected chi connectivity index (χ0v) is 61.7. The van der Waals surface area contributed by atoms with Gasteiger partial charge in [-0.3, -0.25) is 43.2 Å². The zero-order valence-electron chi connectivity index (χ0n) is 61.7. The van der Waals surface area contributed by atoms with Gasteiger partial charge in [0.05, 0.1) is 170 Å². The number of unbranched alkanes of at least 4 members (excludes halogenated alkanes) is 2. The van der Waals surface area contributed by atoms with E-state index in [9.17, 15) is 89.1 Å². The van der Waals surface area contributed by atoms with Crippen LogP contribution in [-0.2, 0) is 114 Å². The Labute approximate surface area is 626 Å². The zero-order chi connectivity index (χ0) is 79.4. The fraction of sp³-hybridized carbons (Fsp3) is 0.864. The highest BCUT2D eigenvalue weighted by Crippen LogP contribution is 2.28. The molecule has 0 spiro atoms. The molecule has 3 aliphatic rings. The number of ether oxygens (including phenoxy) is 15. The second-order valence-electron chi connectivity index (χ2n) is 25.2. The minimum Gasteiger partial charge on any atom is -0.481 e. The number of aliphatic carboxylic acids is 1. The van der Waals surface area contributed by atoms with E-state index in [2.05, 4.69) is 42.5 Å². The maximum Gasteiger partial charge on any atom is 0.305 e. The van der Waals surface area contributed by atoms with Crippen LogP contribution in [0.2, 0.25) is 0 Å². The molecule has 0 aromatic heterocycles. The van der Waals surface area contributed by atoms with Crippen molar-refractivity contribution in [2.75, 3.05) is 191 Å². The van der Waals surface area contributed by atoms with Crippen LogP contribution in [0.3, 0.4) is 0 Å². The van der Waals surface area contributed by atoms with Crippen molar-refractivity contribution in [2.24, 2.45) is 5.92 Å². The molecule has 108 heavy (non-hydrogen) atoms. The molecule has 0 unspecified atom stereocenters. The van der Waals surface area contributed by atoms with Gasteiger partial charge >= 0.3 is 5.97 Å². The Balaban J connectivity index is 1.46. The van der Waals surface area contributed by atoms with Gasteiger partial charge in [0.2, 0.25) is 47.3 Å². The van der Waals surface area contributed by atoms with E-state index >= 15 is 0 Å². The van der Waals surface area contributed by atoms with Gasteiger partial charge in [0, 0.05) is 52.9 Å². The molecule has 17 atom stereocenters. The lowest BCUT2D eigenvalue weighted by atomic mass is 9.79. The Morgan fingerprint density at radius 2 is 0.750 bits per heavy atom. The monoisotopic (exact) mass is 1570 g/mol. The van der Waals surface area contributed by atoms with Crippen LogP contribution in [-0.4, -0.2) is 393 Å². The van der Waals surface area contributed by atoms with E-state index in [1.165, 1.54) is 20.8 Å². The Kier molecular flexibility index (Phi) is 52.0. The third kappa shape index (κ3) is 41.0. The van der Waals surface area contributed by atoms with Crippen molar-refractivity contribution in [3.8, 4) is 0 Å². The molecule has 8 amide bonds. The molecule has 1 saturated carbocycles. The van der Waals surface area contributed by atoms with E-state index in [1.54, 1.807) is 0 Å². The van der Waals surface area contributed by atoms with Crippen LogP contribution in [0.25, 0.3) is 0 Å². The van der Waals surface area contributed by atoms with Crippen LogP contribution in [0.1, 0.15) is 72.1 Å². The maximum absolute atomic E-state index is 14.1. The average molecular weight is 1570 g/mol. The molecule has 3 fully saturated rings. The number of carbonyl (C=O) groups excluding carboxylic acids is 8. The molecule has 0 aromatic rings. The summed E-state index contributed by atoms with van der Waals surface area (Å²) in [7, 11) is 0. The van der Waals surface area contributed by atoms with Gasteiger partial charge in [-0.25, -0.2) is 0 Å². The van der Waals surface area contributed by atoms with Crippen molar-refractivity contribution in [3.63, 3.8) is 0 Å². The number of carbonyl (C=O) groups is 9. The van der Waals surface area contributed by atoms with E-state index in [1.807, 2.05) is 0 Å². The van der Waals surface area contributed by atoms with Crippen molar-refractivity contribution >= 4 is 53.2 Å². The summed E-state index contributed by atoms with van der Waals surface area (Å²) in [5.41, 5.74) is 0. The first-order valence-electron chi connectivity index (χ1n) is 36.2. The van der Waals surface area contributed by atoms with Crippen LogP contribution in [0.5, 0.6) is 0 Å². The first-order chi connectivity index (χ1) is 51.9. The molecule has 3 rings (SSSR count). The smallest absolute Gasteiger partial charge is 0.305 e. The molecule has 42 heteroatoms. The van der Waals surface area contributed by atoms with Gasteiger partial charge in [-0.2, -0.15) is 0 Å². The van der Waals surface area contributed by atoms with Crippen LogP contribution >= 0.6 is 0 Å². The molecule has 0 bridgehead atoms. The molecule has 2 aliphatic heterocycles. The predicted octanol–water partition coefficient (Wildman–Crippen LogP) is -9.17. The third-order valence-corrected chi connectivity index (χ3v) is 16.5. The summed E-state index contributed by atoms with van der Waals surface area (Å²) in [5.74, 6) is -6.05. The van der Waals surface area contributed by atoms with Gasteiger partial charge in [0.25, 0.3) is 0 Å². The van der Waals surface area contributed by atoms with E-state index in [-0.39, 0.29) is 204 Å². The van der Waals surface area contributed by atoms with Gasteiger partial charge in [-0.15, -0.1) is 0 Å². The molecular formula is C66H118N8O34. The minimum atomic E-state index is -1.46. The van der Waals surface area contributed by atoms with E-state index in [0.29, 0.717) is 19.3 Å². The summed E-state index contributed by atoms with van der Waals surface area (Å²) in [5, 5.41) is 121. The lowest BCUT2D eigenvalue weighted by Crippen LogP contribution is -2.64. The summed E-state index contributed by atoms with van der Waals surface area (Å²) in [4.78, 5) is 112. The molecular weight excluding hydrogens is 1450 g/mol. The lowest BCUT2D eigenvalue weighted by Gasteiger charge is -2.42. The second-order valence-corrected chi connectivity index (χ2v) is 25.2. The molecule has 18 N–H and O–H groups in total. The van der Waals surface area contributed by atoms with Crippen molar-refractivity contribution in [1.82, 2.24) is 42.5 Å². The van der Waals surface area contributed by atoms with Crippen molar-refractivity contribution < 1.29 is 165 Å². The molecule has 42 nitrogen and oxygen atoms in total. The fourth-order valence-electron chi connectivity index (χ4n) is 11.0. The Morgan fingerprint density at radius 3 is 1.16 bits per heavy atom. The van der Waals surface area contributed by atoms with Crippen molar-refractivity contribution in [1.29, 1.82) is 0 Å². The standard InChI is InChI=1S/C66H118N8O34/c1-41(78)70-54-47(34-44(35-75)57(86)60(54)89)104-31-28-98-19-16-97-24-27-103-40-52(83)73-46(9-5-7-12-68-51(82)39-102-26-23-96-18-21-100-30-33-106-66-56(72-43(3)80)62(91)59(88)49(37-77)108-66)64(93)74-45(63(92)69-13-15-94-14-10-53(84)85)8-4-6-11-67-50(81)38-101-25-22-95-17-20-99-29-32-105-65-55(71-42(2)79)61(90)58(87)48(36-76)107-65/h44-49,54-62,65-66,75-77,86-91H,4-40H2,1-3H3,(H,67,81)(H,68,82)(H,69,92)(H,70,78)(H,71,79)(H,72,80)(H,73,83)(H,74,93)(H,84,85)/t44-,45+,46+,47-,48-,49-,54+,55-,56-,57+,58+,59+,60-,61-,62-,65-,66-/m1/s1. The van der Waals surface area contributed by atoms with E-state index < -0.39 is 177 Å². The molecule has 1 aliphatic carbocycles.